The molecule has 1 heterocycles. The normalized spacial score (nSPS) is 11.5. The standard InChI is InChI=1S/C13H11ClF3N3O/c1-7-4-3-5-8(6-7)12(21)18-11-9(14)10(13(15,16)17)19-20(11)2/h3-6H,1-2H3,(H,18,21). The number of hydrogen-bond donors (Lipinski definition) is 1. The number of nitrogens with one attached hydrogen (secondary N) is 1. The minimum atomic E-state index is -4.68. The van der Waals surface area contributed by atoms with Crippen LogP contribution >= 0.6 is 11.6 Å². The molecule has 1 aromatic carbocycles. The van der Waals surface area contributed by atoms with Crippen LogP contribution in [0.1, 0.15) is 21.6 Å². The number of hydrogen-bond acceptors (Lipinski definition) is 2. The molecule has 0 radical (unpaired) electrons. The molecule has 0 saturated carbocycles. The van der Waals surface area contributed by atoms with E-state index in [9.17, 15) is 18.0 Å². The van der Waals surface area contributed by atoms with Gasteiger partial charge in [-0.25, -0.2) is 0 Å². The smallest absolute Gasteiger partial charge is 0.306 e. The van der Waals surface area contributed by atoms with Crippen molar-refractivity contribution >= 4 is 23.3 Å². The first-order valence-electron chi connectivity index (χ1n) is 5.88. The molecule has 0 aliphatic heterocycles. The van der Waals surface area contributed by atoms with E-state index in [1.54, 1.807) is 31.2 Å². The summed E-state index contributed by atoms with van der Waals surface area (Å²) >= 11 is 5.66. The van der Waals surface area contributed by atoms with Gasteiger partial charge in [-0.3, -0.25) is 9.48 Å². The molecule has 0 aliphatic rings. The number of halogens is 4. The molecule has 0 atom stereocenters. The molecule has 2 rings (SSSR count). The highest BCUT2D eigenvalue weighted by Gasteiger charge is 2.38. The lowest BCUT2D eigenvalue weighted by atomic mass is 10.1. The molecule has 8 heteroatoms. The van der Waals surface area contributed by atoms with Crippen molar-refractivity contribution in [3.63, 3.8) is 0 Å². The highest BCUT2D eigenvalue weighted by atomic mass is 35.5. The molecule has 1 aromatic heterocycles. The van der Waals surface area contributed by atoms with Gasteiger partial charge in [0.15, 0.2) is 11.5 Å². The van der Waals surface area contributed by atoms with Crippen LogP contribution < -0.4 is 5.32 Å². The van der Waals surface area contributed by atoms with Crippen LogP contribution in [0.25, 0.3) is 0 Å². The molecular formula is C13H11ClF3N3O. The molecule has 112 valence electrons. The third-order valence-electron chi connectivity index (χ3n) is 2.77. The molecule has 4 nitrogen and oxygen atoms in total. The fraction of sp³-hybridized carbons (Fsp3) is 0.231. The van der Waals surface area contributed by atoms with Gasteiger partial charge < -0.3 is 5.32 Å². The molecule has 0 bridgehead atoms. The van der Waals surface area contributed by atoms with Crippen LogP contribution in [-0.4, -0.2) is 15.7 Å². The van der Waals surface area contributed by atoms with Crippen LogP contribution in [-0.2, 0) is 13.2 Å². The minimum absolute atomic E-state index is 0.199. The van der Waals surface area contributed by atoms with Crippen LogP contribution in [0.15, 0.2) is 24.3 Å². The monoisotopic (exact) mass is 317 g/mol. The Bertz CT molecular complexity index is 694. The summed E-state index contributed by atoms with van der Waals surface area (Å²) in [5.41, 5.74) is -0.0539. The number of rotatable bonds is 2. The topological polar surface area (TPSA) is 46.9 Å². The van der Waals surface area contributed by atoms with E-state index in [4.69, 9.17) is 11.6 Å². The highest BCUT2D eigenvalue weighted by molar-refractivity contribution is 6.34. The fourth-order valence-corrected chi connectivity index (χ4v) is 2.10. The lowest BCUT2D eigenvalue weighted by Gasteiger charge is -2.06. The van der Waals surface area contributed by atoms with Gasteiger partial charge in [0.25, 0.3) is 5.91 Å². The molecule has 2 aromatic rings. The Balaban J connectivity index is 2.32. The first-order chi connectivity index (χ1) is 9.70. The summed E-state index contributed by atoms with van der Waals surface area (Å²) in [6.07, 6.45) is -4.68. The van der Waals surface area contributed by atoms with Gasteiger partial charge in [-0.05, 0) is 19.1 Å². The second-order valence-electron chi connectivity index (χ2n) is 4.46. The third kappa shape index (κ3) is 3.18. The van der Waals surface area contributed by atoms with E-state index in [-0.39, 0.29) is 5.82 Å². The van der Waals surface area contributed by atoms with E-state index >= 15 is 0 Å². The van der Waals surface area contributed by atoms with E-state index in [2.05, 4.69) is 10.4 Å². The zero-order valence-corrected chi connectivity index (χ0v) is 11.9. The van der Waals surface area contributed by atoms with Gasteiger partial charge >= 0.3 is 6.18 Å². The van der Waals surface area contributed by atoms with Crippen molar-refractivity contribution < 1.29 is 18.0 Å². The van der Waals surface area contributed by atoms with E-state index in [1.807, 2.05) is 0 Å². The van der Waals surface area contributed by atoms with Gasteiger partial charge in [0.2, 0.25) is 0 Å². The molecule has 21 heavy (non-hydrogen) atoms. The lowest BCUT2D eigenvalue weighted by molar-refractivity contribution is -0.141. The largest absolute Gasteiger partial charge is 0.436 e. The zero-order valence-electron chi connectivity index (χ0n) is 11.1. The predicted octanol–water partition coefficient (Wildman–Crippen LogP) is 3.65. The number of aromatic nitrogens is 2. The second-order valence-corrected chi connectivity index (χ2v) is 4.83. The predicted molar refractivity (Wildman–Crippen MR) is 72.4 cm³/mol. The Morgan fingerprint density at radius 2 is 2.05 bits per heavy atom. The Hall–Kier alpha value is -2.02. The van der Waals surface area contributed by atoms with Crippen molar-refractivity contribution in [1.82, 2.24) is 9.78 Å². The van der Waals surface area contributed by atoms with Crippen molar-refractivity contribution in [2.24, 2.45) is 7.05 Å². The van der Waals surface area contributed by atoms with E-state index in [0.717, 1.165) is 10.2 Å². The quantitative estimate of drug-likeness (QED) is 0.919. The number of aryl methyl sites for hydroxylation is 2. The maximum absolute atomic E-state index is 12.7. The third-order valence-corrected chi connectivity index (χ3v) is 3.13. The first-order valence-corrected chi connectivity index (χ1v) is 6.25. The molecular weight excluding hydrogens is 307 g/mol. The first kappa shape index (κ1) is 15.4. The molecule has 0 aliphatic carbocycles. The number of carbonyl (C=O) groups excluding carboxylic acids is 1. The Morgan fingerprint density at radius 3 is 2.57 bits per heavy atom. The number of amides is 1. The maximum Gasteiger partial charge on any atom is 0.436 e. The lowest BCUT2D eigenvalue weighted by Crippen LogP contribution is -2.14. The second kappa shape index (κ2) is 5.40. The zero-order chi connectivity index (χ0) is 15.8. The Labute approximate surface area is 123 Å². The summed E-state index contributed by atoms with van der Waals surface area (Å²) in [4.78, 5) is 12.0. The summed E-state index contributed by atoms with van der Waals surface area (Å²) in [6, 6.07) is 6.65. The van der Waals surface area contributed by atoms with Crippen LogP contribution in [0, 0.1) is 6.92 Å². The van der Waals surface area contributed by atoms with Gasteiger partial charge in [0.1, 0.15) is 5.02 Å². The molecule has 0 spiro atoms. The Kier molecular flexibility index (Phi) is 3.95. The van der Waals surface area contributed by atoms with Crippen molar-refractivity contribution in [3.05, 3.63) is 46.1 Å². The molecule has 1 amide bonds. The van der Waals surface area contributed by atoms with E-state index < -0.39 is 22.8 Å². The van der Waals surface area contributed by atoms with Gasteiger partial charge in [0.05, 0.1) is 0 Å². The van der Waals surface area contributed by atoms with Crippen molar-refractivity contribution in [2.45, 2.75) is 13.1 Å². The molecule has 0 fully saturated rings. The summed E-state index contributed by atoms with van der Waals surface area (Å²) in [6.45, 7) is 1.80. The summed E-state index contributed by atoms with van der Waals surface area (Å²) in [7, 11) is 1.27. The number of anilines is 1. The van der Waals surface area contributed by atoms with Crippen LogP contribution in [0.4, 0.5) is 19.0 Å². The maximum atomic E-state index is 12.7. The van der Waals surface area contributed by atoms with Crippen LogP contribution in [0.2, 0.25) is 5.02 Å². The highest BCUT2D eigenvalue weighted by Crippen LogP contribution is 2.37. The minimum Gasteiger partial charge on any atom is -0.306 e. The van der Waals surface area contributed by atoms with Crippen molar-refractivity contribution in [2.75, 3.05) is 5.32 Å². The number of benzene rings is 1. The van der Waals surface area contributed by atoms with E-state index in [1.165, 1.54) is 7.05 Å². The van der Waals surface area contributed by atoms with Gasteiger partial charge in [-0.1, -0.05) is 29.3 Å². The van der Waals surface area contributed by atoms with Crippen LogP contribution in [0.5, 0.6) is 0 Å². The number of nitrogens with zero attached hydrogens (tertiary/aromatic N) is 2. The van der Waals surface area contributed by atoms with E-state index in [0.29, 0.717) is 5.56 Å². The van der Waals surface area contributed by atoms with Gasteiger partial charge in [0, 0.05) is 12.6 Å². The average Bonchev–Trinajstić information content (AvgIpc) is 2.66. The van der Waals surface area contributed by atoms with Crippen LogP contribution in [0.3, 0.4) is 0 Å². The fourth-order valence-electron chi connectivity index (χ4n) is 1.78. The van der Waals surface area contributed by atoms with Gasteiger partial charge in [-0.15, -0.1) is 0 Å². The molecule has 0 unspecified atom stereocenters. The summed E-state index contributed by atoms with van der Waals surface area (Å²) in [5, 5.41) is 5.00. The summed E-state index contributed by atoms with van der Waals surface area (Å²) < 4.78 is 38.9. The SMILES string of the molecule is Cc1cccc(C(=O)Nc2c(Cl)c(C(F)(F)F)nn2C)c1. The molecule has 1 N–H and O–H groups in total. The molecule has 0 saturated heterocycles. The Morgan fingerprint density at radius 1 is 1.38 bits per heavy atom. The average molecular weight is 318 g/mol. The summed E-state index contributed by atoms with van der Waals surface area (Å²) in [5.74, 6) is -0.757. The number of carbonyl (C=O) groups is 1. The number of alkyl halides is 3. The van der Waals surface area contributed by atoms with Crippen molar-refractivity contribution in [3.8, 4) is 0 Å². The van der Waals surface area contributed by atoms with Crippen molar-refractivity contribution in [1.29, 1.82) is 0 Å². The van der Waals surface area contributed by atoms with Gasteiger partial charge in [-0.2, -0.15) is 18.3 Å².